The fraction of sp³-hybridized carbons (Fsp3) is 0.625. The molecular formula is C16H22F2N2. The van der Waals surface area contributed by atoms with Crippen LogP contribution in [0.2, 0.25) is 0 Å². The highest BCUT2D eigenvalue weighted by molar-refractivity contribution is 5.17. The molecule has 0 atom stereocenters. The van der Waals surface area contributed by atoms with Gasteiger partial charge in [0.1, 0.15) is 11.6 Å². The number of hydrogen-bond acceptors (Lipinski definition) is 2. The highest BCUT2D eigenvalue weighted by Gasteiger charge is 2.24. The van der Waals surface area contributed by atoms with E-state index in [0.717, 1.165) is 43.5 Å². The van der Waals surface area contributed by atoms with Crippen molar-refractivity contribution in [2.75, 3.05) is 19.6 Å². The van der Waals surface area contributed by atoms with E-state index < -0.39 is 11.6 Å². The normalized spacial score (nSPS) is 21.3. The lowest BCUT2D eigenvalue weighted by atomic mass is 10.0. The molecule has 0 amide bonds. The summed E-state index contributed by atoms with van der Waals surface area (Å²) < 4.78 is 26.3. The van der Waals surface area contributed by atoms with E-state index in [4.69, 9.17) is 0 Å². The third-order valence-electron chi connectivity index (χ3n) is 4.31. The third-order valence-corrected chi connectivity index (χ3v) is 4.31. The Bertz CT molecular complexity index is 432. The van der Waals surface area contributed by atoms with E-state index in [9.17, 15) is 8.78 Å². The van der Waals surface area contributed by atoms with E-state index in [1.54, 1.807) is 0 Å². The van der Waals surface area contributed by atoms with Gasteiger partial charge in [0.05, 0.1) is 0 Å². The van der Waals surface area contributed by atoms with Gasteiger partial charge in [-0.25, -0.2) is 8.78 Å². The monoisotopic (exact) mass is 280 g/mol. The van der Waals surface area contributed by atoms with Gasteiger partial charge in [0.15, 0.2) is 0 Å². The third kappa shape index (κ3) is 4.00. The number of benzene rings is 1. The Morgan fingerprint density at radius 1 is 1.00 bits per heavy atom. The summed E-state index contributed by atoms with van der Waals surface area (Å²) >= 11 is 0. The van der Waals surface area contributed by atoms with E-state index in [1.165, 1.54) is 31.5 Å². The summed E-state index contributed by atoms with van der Waals surface area (Å²) in [4.78, 5) is 2.28. The summed E-state index contributed by atoms with van der Waals surface area (Å²) in [5.74, 6) is -0.0507. The molecule has 1 aliphatic heterocycles. The summed E-state index contributed by atoms with van der Waals surface area (Å²) in [6, 6.07) is 4.41. The molecule has 110 valence electrons. The minimum atomic E-state index is -0.485. The standard InChI is InChI=1S/C16H22F2N2/c17-14-7-13(8-15(18)9-14)11-20-5-3-16(4-6-20)19-10-12-1-2-12/h7-9,12,16,19H,1-6,10-11H2. The van der Waals surface area contributed by atoms with Crippen molar-refractivity contribution in [3.8, 4) is 0 Å². The van der Waals surface area contributed by atoms with Gasteiger partial charge in [0, 0.05) is 18.7 Å². The van der Waals surface area contributed by atoms with Gasteiger partial charge in [-0.2, -0.15) is 0 Å². The first-order valence-electron chi connectivity index (χ1n) is 7.60. The largest absolute Gasteiger partial charge is 0.314 e. The average molecular weight is 280 g/mol. The molecule has 2 nitrogen and oxygen atoms in total. The van der Waals surface area contributed by atoms with Crippen molar-refractivity contribution < 1.29 is 8.78 Å². The summed E-state index contributed by atoms with van der Waals surface area (Å²) in [5.41, 5.74) is 0.729. The number of hydrogen-bond donors (Lipinski definition) is 1. The Morgan fingerprint density at radius 3 is 2.25 bits per heavy atom. The lowest BCUT2D eigenvalue weighted by Gasteiger charge is -2.32. The number of halogens is 2. The van der Waals surface area contributed by atoms with Gasteiger partial charge < -0.3 is 5.32 Å². The Labute approximate surface area is 119 Å². The van der Waals surface area contributed by atoms with Gasteiger partial charge in [-0.3, -0.25) is 4.90 Å². The van der Waals surface area contributed by atoms with Crippen LogP contribution in [0.15, 0.2) is 18.2 Å². The van der Waals surface area contributed by atoms with Crippen molar-refractivity contribution >= 4 is 0 Å². The van der Waals surface area contributed by atoms with Gasteiger partial charge in [0.25, 0.3) is 0 Å². The number of nitrogens with zero attached hydrogens (tertiary/aromatic N) is 1. The highest BCUT2D eigenvalue weighted by Crippen LogP contribution is 2.28. The molecule has 1 aromatic carbocycles. The first kappa shape index (κ1) is 14.0. The Hall–Kier alpha value is -1.00. The molecule has 0 bridgehead atoms. The van der Waals surface area contributed by atoms with E-state index in [1.807, 2.05) is 0 Å². The van der Waals surface area contributed by atoms with Crippen molar-refractivity contribution in [3.63, 3.8) is 0 Å². The predicted octanol–water partition coefficient (Wildman–Crippen LogP) is 2.93. The van der Waals surface area contributed by atoms with Crippen molar-refractivity contribution in [2.24, 2.45) is 5.92 Å². The topological polar surface area (TPSA) is 15.3 Å². The zero-order valence-corrected chi connectivity index (χ0v) is 11.7. The second kappa shape index (κ2) is 6.19. The number of likely N-dealkylation sites (tertiary alicyclic amines) is 1. The van der Waals surface area contributed by atoms with Gasteiger partial charge >= 0.3 is 0 Å². The van der Waals surface area contributed by atoms with Crippen LogP contribution in [-0.2, 0) is 6.54 Å². The molecule has 4 heteroatoms. The zero-order chi connectivity index (χ0) is 13.9. The van der Waals surface area contributed by atoms with Crippen LogP contribution in [0.25, 0.3) is 0 Å². The molecular weight excluding hydrogens is 258 g/mol. The minimum absolute atomic E-state index is 0.485. The molecule has 2 fully saturated rings. The Balaban J connectivity index is 1.45. The predicted molar refractivity (Wildman–Crippen MR) is 75.4 cm³/mol. The van der Waals surface area contributed by atoms with E-state index >= 15 is 0 Å². The molecule has 2 aliphatic rings. The molecule has 0 spiro atoms. The number of rotatable bonds is 5. The first-order valence-corrected chi connectivity index (χ1v) is 7.60. The van der Waals surface area contributed by atoms with Crippen LogP contribution in [-0.4, -0.2) is 30.6 Å². The van der Waals surface area contributed by atoms with E-state index in [0.29, 0.717) is 12.6 Å². The Kier molecular flexibility index (Phi) is 4.32. The molecule has 1 aromatic rings. The Morgan fingerprint density at radius 2 is 1.65 bits per heavy atom. The maximum atomic E-state index is 13.2. The summed E-state index contributed by atoms with van der Waals surface area (Å²) in [6.45, 7) is 3.81. The summed E-state index contributed by atoms with van der Waals surface area (Å²) in [7, 11) is 0. The van der Waals surface area contributed by atoms with E-state index in [-0.39, 0.29) is 0 Å². The smallest absolute Gasteiger partial charge is 0.126 e. The van der Waals surface area contributed by atoms with Gasteiger partial charge in [-0.15, -0.1) is 0 Å². The molecule has 1 saturated heterocycles. The molecule has 3 rings (SSSR count). The van der Waals surface area contributed by atoms with Crippen molar-refractivity contribution in [3.05, 3.63) is 35.4 Å². The lowest BCUT2D eigenvalue weighted by Crippen LogP contribution is -2.42. The lowest BCUT2D eigenvalue weighted by molar-refractivity contribution is 0.190. The molecule has 0 unspecified atom stereocenters. The molecule has 1 N–H and O–H groups in total. The van der Waals surface area contributed by atoms with Crippen molar-refractivity contribution in [2.45, 2.75) is 38.3 Å². The van der Waals surface area contributed by atoms with Crippen molar-refractivity contribution in [1.29, 1.82) is 0 Å². The van der Waals surface area contributed by atoms with Gasteiger partial charge in [-0.1, -0.05) is 0 Å². The highest BCUT2D eigenvalue weighted by atomic mass is 19.1. The van der Waals surface area contributed by atoms with Crippen LogP contribution in [0.3, 0.4) is 0 Å². The zero-order valence-electron chi connectivity index (χ0n) is 11.7. The summed E-state index contributed by atoms with van der Waals surface area (Å²) in [6.07, 6.45) is 5.03. The molecule has 1 aliphatic carbocycles. The van der Waals surface area contributed by atoms with Crippen LogP contribution < -0.4 is 5.32 Å². The van der Waals surface area contributed by atoms with Gasteiger partial charge in [0.2, 0.25) is 0 Å². The quantitative estimate of drug-likeness (QED) is 0.892. The van der Waals surface area contributed by atoms with Crippen LogP contribution in [0.5, 0.6) is 0 Å². The number of nitrogens with one attached hydrogen (secondary N) is 1. The molecule has 0 aromatic heterocycles. The average Bonchev–Trinajstić information content (AvgIpc) is 3.21. The minimum Gasteiger partial charge on any atom is -0.314 e. The maximum Gasteiger partial charge on any atom is 0.126 e. The fourth-order valence-electron chi connectivity index (χ4n) is 2.91. The molecule has 1 saturated carbocycles. The van der Waals surface area contributed by atoms with Crippen LogP contribution in [0, 0.1) is 17.6 Å². The maximum absolute atomic E-state index is 13.2. The summed E-state index contributed by atoms with van der Waals surface area (Å²) in [5, 5.41) is 3.64. The second-order valence-corrected chi connectivity index (χ2v) is 6.18. The van der Waals surface area contributed by atoms with Crippen LogP contribution in [0.1, 0.15) is 31.2 Å². The van der Waals surface area contributed by atoms with Crippen LogP contribution >= 0.6 is 0 Å². The molecule has 0 radical (unpaired) electrons. The van der Waals surface area contributed by atoms with Crippen LogP contribution in [0.4, 0.5) is 8.78 Å². The van der Waals surface area contributed by atoms with Gasteiger partial charge in [-0.05, 0) is 68.9 Å². The first-order chi connectivity index (χ1) is 9.69. The fourth-order valence-corrected chi connectivity index (χ4v) is 2.91. The van der Waals surface area contributed by atoms with Crippen molar-refractivity contribution in [1.82, 2.24) is 10.2 Å². The van der Waals surface area contributed by atoms with E-state index in [2.05, 4.69) is 10.2 Å². The molecule has 20 heavy (non-hydrogen) atoms. The molecule has 1 heterocycles. The SMILES string of the molecule is Fc1cc(F)cc(CN2CCC(NCC3CC3)CC2)c1. The second-order valence-electron chi connectivity index (χ2n) is 6.18. The number of piperidine rings is 1.